The van der Waals surface area contributed by atoms with Crippen molar-refractivity contribution in [2.45, 2.75) is 0 Å². The Balaban J connectivity index is 4.21. The van der Waals surface area contributed by atoms with Gasteiger partial charge in [-0.05, 0) is 0 Å². The highest BCUT2D eigenvalue weighted by Gasteiger charge is 2.25. The highest BCUT2D eigenvalue weighted by molar-refractivity contribution is 5.75. The number of amides is 2. The number of hydrogen-bond acceptors (Lipinski definition) is 2. The van der Waals surface area contributed by atoms with Gasteiger partial charge in [-0.15, -0.1) is 0 Å². The van der Waals surface area contributed by atoms with E-state index in [1.807, 2.05) is 28.2 Å². The van der Waals surface area contributed by atoms with Crippen molar-refractivity contribution in [1.29, 1.82) is 0 Å². The van der Waals surface area contributed by atoms with E-state index in [1.54, 1.807) is 0 Å². The summed E-state index contributed by atoms with van der Waals surface area (Å²) in [7, 11) is 7.76. The van der Waals surface area contributed by atoms with Crippen molar-refractivity contribution >= 4 is 11.8 Å². The summed E-state index contributed by atoms with van der Waals surface area (Å²) in [5.74, 6) is -0.629. The molecule has 2 amide bonds. The normalized spacial score (nSPS) is 12.5. The number of likely N-dealkylation sites (N-methyl/N-ethyl adjacent to an activating group) is 2. The maximum Gasteiger partial charge on any atom is 0.272 e. The van der Waals surface area contributed by atoms with Gasteiger partial charge in [0.1, 0.15) is 13.1 Å². The molecule has 6 nitrogen and oxygen atoms in total. The van der Waals surface area contributed by atoms with Crippen LogP contribution in [0.15, 0.2) is 0 Å². The van der Waals surface area contributed by atoms with Gasteiger partial charge in [0.05, 0.1) is 28.2 Å². The van der Waals surface area contributed by atoms with Gasteiger partial charge >= 0.3 is 0 Å². The molecule has 4 N–H and O–H groups in total. The van der Waals surface area contributed by atoms with Crippen LogP contribution >= 0.6 is 0 Å². The molecular weight excluding hydrogens is 208 g/mol. The van der Waals surface area contributed by atoms with Gasteiger partial charge in [-0.1, -0.05) is 0 Å². The highest BCUT2D eigenvalue weighted by atomic mass is 16.1. The predicted molar refractivity (Wildman–Crippen MR) is 62.1 cm³/mol. The summed E-state index contributed by atoms with van der Waals surface area (Å²) in [6, 6.07) is 0. The Bertz CT molecular complexity index is 246. The maximum atomic E-state index is 10.8. The summed E-state index contributed by atoms with van der Waals surface area (Å²) < 4.78 is 1.05. The molecule has 0 aromatic rings. The van der Waals surface area contributed by atoms with E-state index < -0.39 is 0 Å². The monoisotopic (exact) mass is 232 g/mol. The van der Waals surface area contributed by atoms with Crippen LogP contribution in [-0.4, -0.2) is 75.2 Å². The van der Waals surface area contributed by atoms with E-state index >= 15 is 0 Å². The molecule has 0 aliphatic rings. The van der Waals surface area contributed by atoms with Crippen LogP contribution in [0.4, 0.5) is 0 Å². The minimum absolute atomic E-state index is 0.302. The first-order chi connectivity index (χ1) is 7.04. The van der Waals surface area contributed by atoms with E-state index in [4.69, 9.17) is 11.5 Å². The van der Waals surface area contributed by atoms with Crippen molar-refractivity contribution < 1.29 is 18.6 Å². The van der Waals surface area contributed by atoms with Crippen LogP contribution in [0.1, 0.15) is 0 Å². The lowest BCUT2D eigenvalue weighted by molar-refractivity contribution is -0.938. The summed E-state index contributed by atoms with van der Waals surface area (Å²) in [5, 5.41) is 0. The molecular formula is C10H24N4O2+2. The van der Waals surface area contributed by atoms with Gasteiger partial charge in [-0.3, -0.25) is 9.59 Å². The molecule has 0 aromatic carbocycles. The van der Waals surface area contributed by atoms with Crippen molar-refractivity contribution in [2.24, 2.45) is 11.5 Å². The molecule has 0 bridgehead atoms. The minimum atomic E-state index is -0.315. The second-order valence-corrected chi connectivity index (χ2v) is 5.57. The lowest BCUT2D eigenvalue weighted by atomic mass is 10.3. The lowest BCUT2D eigenvalue weighted by Crippen LogP contribution is -2.55. The van der Waals surface area contributed by atoms with Gasteiger partial charge in [0.15, 0.2) is 13.1 Å². The van der Waals surface area contributed by atoms with E-state index in [9.17, 15) is 9.59 Å². The standard InChI is InChI=1S/C10H22N4O2/c1-13(2,7-9(11)15)5-6-14(3,4)8-10(12)16/h5-8H2,1-4H3,(H2-2,11,12,15,16)/p+2. The molecule has 6 heteroatoms. The largest absolute Gasteiger partial charge is 0.365 e. The first kappa shape index (κ1) is 14.9. The van der Waals surface area contributed by atoms with Gasteiger partial charge in [-0.2, -0.15) is 0 Å². The van der Waals surface area contributed by atoms with Gasteiger partial charge < -0.3 is 20.4 Å². The number of carbonyl (C=O) groups excluding carboxylic acids is 2. The number of quaternary nitrogens is 2. The van der Waals surface area contributed by atoms with Gasteiger partial charge in [0.25, 0.3) is 11.8 Å². The second kappa shape index (κ2) is 5.27. The third kappa shape index (κ3) is 7.19. The van der Waals surface area contributed by atoms with Crippen molar-refractivity contribution in [3.8, 4) is 0 Å². The highest BCUT2D eigenvalue weighted by Crippen LogP contribution is 2.01. The zero-order valence-corrected chi connectivity index (χ0v) is 10.7. The van der Waals surface area contributed by atoms with Gasteiger partial charge in [0, 0.05) is 0 Å². The summed E-state index contributed by atoms with van der Waals surface area (Å²) in [5.41, 5.74) is 10.3. The van der Waals surface area contributed by atoms with Crippen LogP contribution < -0.4 is 11.5 Å². The molecule has 0 fully saturated rings. The van der Waals surface area contributed by atoms with Crippen LogP contribution in [0.2, 0.25) is 0 Å². The summed E-state index contributed by atoms with van der Waals surface area (Å²) in [4.78, 5) is 21.7. The fourth-order valence-electron chi connectivity index (χ4n) is 1.54. The fourth-order valence-corrected chi connectivity index (χ4v) is 1.54. The van der Waals surface area contributed by atoms with Crippen LogP contribution in [0, 0.1) is 0 Å². The zero-order chi connectivity index (χ0) is 13.0. The Morgan fingerprint density at radius 2 is 1.06 bits per heavy atom. The maximum absolute atomic E-state index is 10.8. The molecule has 0 unspecified atom stereocenters. The minimum Gasteiger partial charge on any atom is -0.365 e. The van der Waals surface area contributed by atoms with Crippen LogP contribution in [0.5, 0.6) is 0 Å². The molecule has 0 aromatic heterocycles. The van der Waals surface area contributed by atoms with Crippen molar-refractivity contribution in [3.63, 3.8) is 0 Å². The Morgan fingerprint density at radius 3 is 1.25 bits per heavy atom. The van der Waals surface area contributed by atoms with E-state index in [2.05, 4.69) is 0 Å². The Hall–Kier alpha value is -1.14. The number of carbonyl (C=O) groups is 2. The summed E-state index contributed by atoms with van der Waals surface area (Å²) in [6.07, 6.45) is 0. The Kier molecular flexibility index (Phi) is 4.89. The molecule has 0 rings (SSSR count). The average molecular weight is 232 g/mol. The molecule has 0 aliphatic carbocycles. The topological polar surface area (TPSA) is 86.2 Å². The molecule has 0 atom stereocenters. The fraction of sp³-hybridized carbons (Fsp3) is 0.800. The van der Waals surface area contributed by atoms with E-state index in [-0.39, 0.29) is 11.8 Å². The molecule has 0 heterocycles. The SMILES string of the molecule is C[N+](C)(CC[N+](C)(C)CC(N)=O)CC(N)=O. The number of primary amides is 2. The first-order valence-electron chi connectivity index (χ1n) is 5.25. The number of nitrogens with two attached hydrogens (primary N) is 2. The molecule has 0 radical (unpaired) electrons. The Labute approximate surface area is 97.0 Å². The second-order valence-electron chi connectivity index (χ2n) is 5.57. The first-order valence-corrected chi connectivity index (χ1v) is 5.25. The van der Waals surface area contributed by atoms with Crippen LogP contribution in [0.25, 0.3) is 0 Å². The Morgan fingerprint density at radius 1 is 0.812 bits per heavy atom. The third-order valence-corrected chi connectivity index (χ3v) is 2.48. The van der Waals surface area contributed by atoms with E-state index in [0.29, 0.717) is 22.1 Å². The molecule has 0 spiro atoms. The van der Waals surface area contributed by atoms with Crippen molar-refractivity contribution in [2.75, 3.05) is 54.4 Å². The van der Waals surface area contributed by atoms with E-state index in [0.717, 1.165) is 13.1 Å². The van der Waals surface area contributed by atoms with Crippen molar-refractivity contribution in [3.05, 3.63) is 0 Å². The summed E-state index contributed by atoms with van der Waals surface area (Å²) in [6.45, 7) is 2.14. The van der Waals surface area contributed by atoms with Crippen LogP contribution in [0.3, 0.4) is 0 Å². The average Bonchev–Trinajstić information content (AvgIpc) is 1.96. The molecule has 16 heavy (non-hydrogen) atoms. The van der Waals surface area contributed by atoms with Crippen molar-refractivity contribution in [1.82, 2.24) is 0 Å². The van der Waals surface area contributed by atoms with Crippen LogP contribution in [-0.2, 0) is 9.59 Å². The van der Waals surface area contributed by atoms with Gasteiger partial charge in [0.2, 0.25) is 0 Å². The van der Waals surface area contributed by atoms with E-state index in [1.165, 1.54) is 0 Å². The quantitative estimate of drug-likeness (QED) is 0.503. The zero-order valence-electron chi connectivity index (χ0n) is 10.7. The molecule has 0 saturated carbocycles. The number of nitrogens with zero attached hydrogens (tertiary/aromatic N) is 2. The molecule has 0 aliphatic heterocycles. The summed E-state index contributed by atoms with van der Waals surface area (Å²) >= 11 is 0. The molecule has 94 valence electrons. The number of hydrogen-bond donors (Lipinski definition) is 2. The predicted octanol–water partition coefficient (Wildman–Crippen LogP) is -1.89. The molecule has 0 saturated heterocycles. The third-order valence-electron chi connectivity index (χ3n) is 2.48. The lowest BCUT2D eigenvalue weighted by Gasteiger charge is -2.34. The smallest absolute Gasteiger partial charge is 0.272 e. The van der Waals surface area contributed by atoms with Gasteiger partial charge in [-0.25, -0.2) is 0 Å². The number of rotatable bonds is 7.